The largest absolute Gasteiger partial charge is 0.467 e. The van der Waals surface area contributed by atoms with Crippen molar-refractivity contribution in [2.24, 2.45) is 0 Å². The Hall–Kier alpha value is -1.89. The topological polar surface area (TPSA) is 60.4 Å². The van der Waals surface area contributed by atoms with E-state index in [9.17, 15) is 4.39 Å². The molecule has 2 aromatic rings. The maximum atomic E-state index is 14.3. The zero-order chi connectivity index (χ0) is 16.4. The van der Waals surface area contributed by atoms with Gasteiger partial charge in [0.25, 0.3) is 0 Å². The lowest BCUT2D eigenvalue weighted by Gasteiger charge is -2.29. The fourth-order valence-corrected chi connectivity index (χ4v) is 2.77. The van der Waals surface area contributed by atoms with Gasteiger partial charge in [-0.3, -0.25) is 0 Å². The Labute approximate surface area is 138 Å². The van der Waals surface area contributed by atoms with Crippen molar-refractivity contribution in [2.45, 2.75) is 32.6 Å². The van der Waals surface area contributed by atoms with Gasteiger partial charge in [0.05, 0.1) is 7.11 Å². The summed E-state index contributed by atoms with van der Waals surface area (Å²) in [5.41, 5.74) is 0.0695. The van der Waals surface area contributed by atoms with Crippen LogP contribution in [-0.2, 0) is 0 Å². The third-order valence-electron chi connectivity index (χ3n) is 3.79. The molecule has 0 amide bonds. The molecule has 0 saturated heterocycles. The van der Waals surface area contributed by atoms with Gasteiger partial charge in [-0.15, -0.1) is 0 Å². The first-order chi connectivity index (χ1) is 11.2. The van der Waals surface area contributed by atoms with Crippen molar-refractivity contribution in [3.8, 4) is 11.9 Å². The summed E-state index contributed by atoms with van der Waals surface area (Å²) in [7, 11) is 1.44. The summed E-state index contributed by atoms with van der Waals surface area (Å²) in [5.74, 6) is 0.144. The first kappa shape index (κ1) is 16.0. The minimum atomic E-state index is -0.691. The number of pyridine rings is 1. The number of anilines is 1. The molecule has 8 heteroatoms. The number of hydrogen-bond donors (Lipinski definition) is 0. The molecular weight excluding hydrogens is 323 g/mol. The van der Waals surface area contributed by atoms with Crippen LogP contribution in [0.25, 0.3) is 10.9 Å². The van der Waals surface area contributed by atoms with Crippen molar-refractivity contribution in [1.82, 2.24) is 15.0 Å². The minimum absolute atomic E-state index is 0.0695. The average molecular weight is 341 g/mol. The molecule has 0 fully saturated rings. The molecule has 6 nitrogen and oxygen atoms in total. The van der Waals surface area contributed by atoms with Gasteiger partial charge in [0, 0.05) is 6.54 Å². The SMILES string of the molecule is CCCCCCN1COc2nc(Cl)c(F)c3nc(OC)nc1c23. The zero-order valence-electron chi connectivity index (χ0n) is 13.1. The number of unbranched alkanes of at least 4 members (excludes halogenated alkanes) is 3. The second kappa shape index (κ2) is 6.70. The quantitative estimate of drug-likeness (QED) is 0.592. The number of ether oxygens (including phenoxy) is 2. The lowest BCUT2D eigenvalue weighted by atomic mass is 10.2. The standard InChI is InChI=1S/C15H18ClFN4O2/c1-3-4-5-6-7-21-8-23-14-9-11(10(17)12(16)19-14)18-15(22-2)20-13(9)21/h3-8H2,1-2H3. The summed E-state index contributed by atoms with van der Waals surface area (Å²) < 4.78 is 25.0. The van der Waals surface area contributed by atoms with E-state index in [-0.39, 0.29) is 22.6 Å². The van der Waals surface area contributed by atoms with Crippen molar-refractivity contribution < 1.29 is 13.9 Å². The summed E-state index contributed by atoms with van der Waals surface area (Å²) in [6.45, 7) is 3.22. The molecular formula is C15H18ClFN4O2. The Bertz CT molecular complexity index is 728. The highest BCUT2D eigenvalue weighted by atomic mass is 35.5. The minimum Gasteiger partial charge on any atom is -0.467 e. The molecule has 0 N–H and O–H groups in total. The second-order valence-corrected chi connectivity index (χ2v) is 5.73. The van der Waals surface area contributed by atoms with E-state index in [0.29, 0.717) is 17.9 Å². The molecule has 0 saturated carbocycles. The second-order valence-electron chi connectivity index (χ2n) is 5.38. The molecule has 124 valence electrons. The van der Waals surface area contributed by atoms with Crippen LogP contribution in [0.3, 0.4) is 0 Å². The van der Waals surface area contributed by atoms with Crippen LogP contribution in [0.15, 0.2) is 0 Å². The monoisotopic (exact) mass is 340 g/mol. The van der Waals surface area contributed by atoms with Gasteiger partial charge >= 0.3 is 6.01 Å². The molecule has 23 heavy (non-hydrogen) atoms. The summed E-state index contributed by atoms with van der Waals surface area (Å²) in [4.78, 5) is 14.3. The van der Waals surface area contributed by atoms with Crippen LogP contribution in [0.4, 0.5) is 10.2 Å². The Balaban J connectivity index is 2.03. The highest BCUT2D eigenvalue weighted by molar-refractivity contribution is 6.30. The molecule has 3 heterocycles. The molecule has 0 radical (unpaired) electrons. The molecule has 1 aliphatic rings. The number of nitrogens with zero attached hydrogens (tertiary/aromatic N) is 4. The molecule has 3 rings (SSSR count). The molecule has 0 spiro atoms. The van der Waals surface area contributed by atoms with Crippen LogP contribution in [0.5, 0.6) is 11.9 Å². The van der Waals surface area contributed by atoms with Crippen LogP contribution in [0.1, 0.15) is 32.6 Å². The predicted octanol–water partition coefficient (Wildman–Crippen LogP) is 3.56. The third kappa shape index (κ3) is 2.97. The van der Waals surface area contributed by atoms with E-state index in [1.54, 1.807) is 0 Å². The van der Waals surface area contributed by atoms with Gasteiger partial charge in [-0.05, 0) is 6.42 Å². The van der Waals surface area contributed by atoms with Crippen molar-refractivity contribution >= 4 is 28.3 Å². The van der Waals surface area contributed by atoms with Crippen molar-refractivity contribution in [3.63, 3.8) is 0 Å². The van der Waals surface area contributed by atoms with E-state index in [1.165, 1.54) is 20.0 Å². The Kier molecular flexibility index (Phi) is 4.66. The number of rotatable bonds is 6. The van der Waals surface area contributed by atoms with Gasteiger partial charge in [0.15, 0.2) is 23.5 Å². The van der Waals surface area contributed by atoms with Gasteiger partial charge in [-0.1, -0.05) is 37.8 Å². The number of aromatic nitrogens is 3. The molecule has 0 aliphatic carbocycles. The molecule has 0 atom stereocenters. The fourth-order valence-electron chi connectivity index (χ4n) is 2.60. The van der Waals surface area contributed by atoms with Crippen LogP contribution in [0, 0.1) is 5.82 Å². The van der Waals surface area contributed by atoms with E-state index < -0.39 is 5.82 Å². The number of hydrogen-bond acceptors (Lipinski definition) is 6. The van der Waals surface area contributed by atoms with Crippen molar-refractivity contribution in [2.75, 3.05) is 25.3 Å². The fraction of sp³-hybridized carbons (Fsp3) is 0.533. The predicted molar refractivity (Wildman–Crippen MR) is 85.8 cm³/mol. The van der Waals surface area contributed by atoms with Crippen molar-refractivity contribution in [3.05, 3.63) is 11.0 Å². The highest BCUT2D eigenvalue weighted by Gasteiger charge is 2.28. The Morgan fingerprint density at radius 1 is 1.26 bits per heavy atom. The smallest absolute Gasteiger partial charge is 0.318 e. The maximum absolute atomic E-state index is 14.3. The zero-order valence-corrected chi connectivity index (χ0v) is 13.9. The molecule has 0 bridgehead atoms. The molecule has 0 unspecified atom stereocenters. The van der Waals surface area contributed by atoms with Gasteiger partial charge < -0.3 is 14.4 Å². The summed E-state index contributed by atoms with van der Waals surface area (Å²) in [6, 6.07) is 0.0973. The van der Waals surface area contributed by atoms with Crippen LogP contribution < -0.4 is 14.4 Å². The van der Waals surface area contributed by atoms with E-state index in [2.05, 4.69) is 21.9 Å². The van der Waals surface area contributed by atoms with Crippen LogP contribution in [0.2, 0.25) is 5.15 Å². The van der Waals surface area contributed by atoms with Gasteiger partial charge in [-0.2, -0.15) is 15.0 Å². The van der Waals surface area contributed by atoms with E-state index in [0.717, 1.165) is 19.4 Å². The van der Waals surface area contributed by atoms with Crippen LogP contribution >= 0.6 is 11.6 Å². The Morgan fingerprint density at radius 3 is 2.83 bits per heavy atom. The van der Waals surface area contributed by atoms with Gasteiger partial charge in [-0.25, -0.2) is 4.39 Å². The van der Waals surface area contributed by atoms with Gasteiger partial charge in [0.1, 0.15) is 10.9 Å². The number of halogens is 2. The lowest BCUT2D eigenvalue weighted by molar-refractivity contribution is 0.293. The summed E-state index contributed by atoms with van der Waals surface area (Å²) in [5, 5.41) is 0.171. The van der Waals surface area contributed by atoms with Crippen LogP contribution in [-0.4, -0.2) is 35.3 Å². The maximum Gasteiger partial charge on any atom is 0.318 e. The normalized spacial score (nSPS) is 13.3. The van der Waals surface area contributed by atoms with E-state index in [1.807, 2.05) is 4.90 Å². The van der Waals surface area contributed by atoms with E-state index >= 15 is 0 Å². The summed E-state index contributed by atoms with van der Waals surface area (Å²) >= 11 is 5.82. The number of methoxy groups -OCH3 is 1. The molecule has 1 aliphatic heterocycles. The first-order valence-electron chi connectivity index (χ1n) is 7.64. The highest BCUT2D eigenvalue weighted by Crippen LogP contribution is 2.38. The molecule has 2 aromatic heterocycles. The van der Waals surface area contributed by atoms with Gasteiger partial charge in [0.2, 0.25) is 5.88 Å². The average Bonchev–Trinajstić information content (AvgIpc) is 2.57. The van der Waals surface area contributed by atoms with Crippen molar-refractivity contribution in [1.29, 1.82) is 0 Å². The first-order valence-corrected chi connectivity index (χ1v) is 8.02. The molecule has 0 aromatic carbocycles. The lowest BCUT2D eigenvalue weighted by Crippen LogP contribution is -2.33. The Morgan fingerprint density at radius 2 is 2.09 bits per heavy atom. The third-order valence-corrected chi connectivity index (χ3v) is 4.04. The van der Waals surface area contributed by atoms with E-state index in [4.69, 9.17) is 21.1 Å². The summed E-state index contributed by atoms with van der Waals surface area (Å²) in [6.07, 6.45) is 4.47.